The second kappa shape index (κ2) is 7.51. The Labute approximate surface area is 148 Å². The Morgan fingerprint density at radius 2 is 1.76 bits per heavy atom. The molecule has 1 heterocycles. The molecule has 0 saturated heterocycles. The summed E-state index contributed by atoms with van der Waals surface area (Å²) in [5, 5.41) is 12.8. The van der Waals surface area contributed by atoms with Crippen molar-refractivity contribution < 1.29 is 4.92 Å². The summed E-state index contributed by atoms with van der Waals surface area (Å²) in [4.78, 5) is 15.0. The van der Waals surface area contributed by atoms with Crippen molar-refractivity contribution in [1.29, 1.82) is 0 Å². The summed E-state index contributed by atoms with van der Waals surface area (Å²) < 4.78 is 0. The summed E-state index contributed by atoms with van der Waals surface area (Å²) in [6.45, 7) is 3.94. The van der Waals surface area contributed by atoms with E-state index in [4.69, 9.17) is 0 Å². The van der Waals surface area contributed by atoms with E-state index in [1.165, 1.54) is 5.56 Å². The van der Waals surface area contributed by atoms with Crippen molar-refractivity contribution in [2.45, 2.75) is 45.1 Å². The van der Waals surface area contributed by atoms with E-state index in [0.29, 0.717) is 6.42 Å². The molecule has 0 aliphatic carbocycles. The lowest BCUT2D eigenvalue weighted by molar-refractivity contribution is -0.527. The molecule has 2 atom stereocenters. The van der Waals surface area contributed by atoms with Crippen LogP contribution in [0.15, 0.2) is 54.6 Å². The van der Waals surface area contributed by atoms with E-state index in [1.807, 2.05) is 50.2 Å². The first kappa shape index (κ1) is 17.2. The molecule has 0 radical (unpaired) electrons. The third-order valence-corrected chi connectivity index (χ3v) is 5.05. The van der Waals surface area contributed by atoms with E-state index < -0.39 is 6.04 Å². The molecule has 1 N–H and O–H groups in total. The minimum absolute atomic E-state index is 0.100. The van der Waals surface area contributed by atoms with Crippen LogP contribution in [0.25, 0.3) is 10.9 Å². The van der Waals surface area contributed by atoms with Gasteiger partial charge >= 0.3 is 0 Å². The molecule has 3 rings (SSSR count). The van der Waals surface area contributed by atoms with Gasteiger partial charge in [-0.2, -0.15) is 0 Å². The normalized spacial score (nSPS) is 13.7. The minimum Gasteiger partial charge on any atom is -0.358 e. The second-order valence-corrected chi connectivity index (χ2v) is 6.60. The van der Waals surface area contributed by atoms with E-state index in [2.05, 4.69) is 23.2 Å². The maximum Gasteiger partial charge on any atom is 0.219 e. The summed E-state index contributed by atoms with van der Waals surface area (Å²) in [6.07, 6.45) is 2.15. The van der Waals surface area contributed by atoms with Crippen molar-refractivity contribution in [3.63, 3.8) is 0 Å². The van der Waals surface area contributed by atoms with E-state index in [1.54, 1.807) is 0 Å². The van der Waals surface area contributed by atoms with Crippen molar-refractivity contribution in [3.8, 4) is 0 Å². The number of hydrogen-bond donors (Lipinski definition) is 1. The van der Waals surface area contributed by atoms with Crippen molar-refractivity contribution >= 4 is 10.9 Å². The Bertz CT molecular complexity index is 855. The van der Waals surface area contributed by atoms with Crippen LogP contribution in [-0.2, 0) is 6.42 Å². The lowest BCUT2D eigenvalue weighted by atomic mass is 9.84. The van der Waals surface area contributed by atoms with Crippen LogP contribution in [0.1, 0.15) is 42.5 Å². The number of nitro groups is 1. The lowest BCUT2D eigenvalue weighted by Gasteiger charge is -2.21. The first-order valence-corrected chi connectivity index (χ1v) is 8.86. The van der Waals surface area contributed by atoms with Crippen molar-refractivity contribution in [2.24, 2.45) is 0 Å². The van der Waals surface area contributed by atoms with Gasteiger partial charge in [0.25, 0.3) is 0 Å². The molecule has 0 fully saturated rings. The van der Waals surface area contributed by atoms with Gasteiger partial charge in [0.1, 0.15) is 0 Å². The van der Waals surface area contributed by atoms with Gasteiger partial charge in [-0.25, -0.2) is 0 Å². The van der Waals surface area contributed by atoms with Crippen molar-refractivity contribution in [3.05, 3.63) is 81.5 Å². The molecule has 25 heavy (non-hydrogen) atoms. The number of H-pyrrole nitrogens is 1. The number of fused-ring (bicyclic) bond motifs is 1. The fraction of sp³-hybridized carbons (Fsp3) is 0.333. The fourth-order valence-electron chi connectivity index (χ4n) is 3.85. The molecule has 0 spiro atoms. The van der Waals surface area contributed by atoms with Crippen LogP contribution < -0.4 is 0 Å². The Balaban J connectivity index is 2.00. The van der Waals surface area contributed by atoms with Gasteiger partial charge in [0, 0.05) is 27.9 Å². The van der Waals surface area contributed by atoms with Gasteiger partial charge in [0.05, 0.1) is 5.92 Å². The number of nitrogens with one attached hydrogen (secondary N) is 1. The third-order valence-electron chi connectivity index (χ3n) is 5.05. The summed E-state index contributed by atoms with van der Waals surface area (Å²) in [5.74, 6) is -0.101. The highest BCUT2D eigenvalue weighted by Gasteiger charge is 2.33. The zero-order valence-electron chi connectivity index (χ0n) is 14.7. The van der Waals surface area contributed by atoms with Crippen LogP contribution in [0.4, 0.5) is 0 Å². The molecule has 0 saturated carbocycles. The highest BCUT2D eigenvalue weighted by atomic mass is 16.6. The molecule has 4 heteroatoms. The van der Waals surface area contributed by atoms with Gasteiger partial charge in [-0.3, -0.25) is 10.1 Å². The molecule has 130 valence electrons. The number of para-hydroxylation sites is 1. The molecule has 2 aromatic carbocycles. The van der Waals surface area contributed by atoms with Gasteiger partial charge in [0.2, 0.25) is 6.04 Å². The van der Waals surface area contributed by atoms with Gasteiger partial charge < -0.3 is 4.98 Å². The van der Waals surface area contributed by atoms with E-state index in [9.17, 15) is 10.1 Å². The summed E-state index contributed by atoms with van der Waals surface area (Å²) in [7, 11) is 0. The van der Waals surface area contributed by atoms with Crippen LogP contribution in [0.2, 0.25) is 0 Å². The quantitative estimate of drug-likeness (QED) is 0.473. The van der Waals surface area contributed by atoms with Crippen LogP contribution in [0, 0.1) is 17.0 Å². The number of nitrogens with zero attached hydrogens (tertiary/aromatic N) is 1. The molecule has 3 aromatic rings. The topological polar surface area (TPSA) is 58.9 Å². The highest BCUT2D eigenvalue weighted by Crippen LogP contribution is 2.36. The summed E-state index contributed by atoms with van der Waals surface area (Å²) in [5.41, 5.74) is 4.43. The molecule has 0 aliphatic heterocycles. The molecule has 2 unspecified atom stereocenters. The lowest BCUT2D eigenvalue weighted by Crippen LogP contribution is -2.27. The fourth-order valence-corrected chi connectivity index (χ4v) is 3.85. The summed E-state index contributed by atoms with van der Waals surface area (Å²) >= 11 is 0. The number of aryl methyl sites for hydroxylation is 2. The Morgan fingerprint density at radius 3 is 2.44 bits per heavy atom. The Kier molecular flexibility index (Phi) is 5.17. The van der Waals surface area contributed by atoms with E-state index >= 15 is 0 Å². The Morgan fingerprint density at radius 1 is 1.08 bits per heavy atom. The second-order valence-electron chi connectivity index (χ2n) is 6.60. The smallest absolute Gasteiger partial charge is 0.219 e. The Hall–Kier alpha value is -2.62. The monoisotopic (exact) mass is 336 g/mol. The number of benzene rings is 2. The zero-order valence-corrected chi connectivity index (χ0v) is 14.7. The van der Waals surface area contributed by atoms with Gasteiger partial charge in [-0.1, -0.05) is 55.5 Å². The number of aromatic nitrogens is 1. The number of aromatic amines is 1. The van der Waals surface area contributed by atoms with E-state index in [-0.39, 0.29) is 10.8 Å². The average molecular weight is 336 g/mol. The van der Waals surface area contributed by atoms with Crippen molar-refractivity contribution in [2.75, 3.05) is 0 Å². The van der Waals surface area contributed by atoms with Crippen LogP contribution in [0.3, 0.4) is 0 Å². The standard InChI is InChI=1S/C21H24N2O2/c1-3-20(23(24)25)18(14-13-16-9-5-4-6-10-16)21-15(2)22-19-12-8-7-11-17(19)21/h4-12,18,20,22H,3,13-14H2,1-2H3. The molecule has 0 bridgehead atoms. The molecule has 4 nitrogen and oxygen atoms in total. The van der Waals surface area contributed by atoms with Gasteiger partial charge in [-0.15, -0.1) is 0 Å². The molecule has 1 aromatic heterocycles. The minimum atomic E-state index is -0.568. The predicted molar refractivity (Wildman–Crippen MR) is 102 cm³/mol. The zero-order chi connectivity index (χ0) is 17.8. The van der Waals surface area contributed by atoms with Crippen LogP contribution in [0.5, 0.6) is 0 Å². The predicted octanol–water partition coefficient (Wildman–Crippen LogP) is 5.25. The highest BCUT2D eigenvalue weighted by molar-refractivity contribution is 5.85. The van der Waals surface area contributed by atoms with Gasteiger partial charge in [-0.05, 0) is 37.0 Å². The number of hydrogen-bond acceptors (Lipinski definition) is 2. The first-order chi connectivity index (χ1) is 12.1. The van der Waals surface area contributed by atoms with Crippen LogP contribution in [-0.4, -0.2) is 15.9 Å². The molecule has 0 amide bonds. The SMILES string of the molecule is CCC(C(CCc1ccccc1)c1c(C)[nH]c2ccccc12)[N+](=O)[O-]. The average Bonchev–Trinajstić information content (AvgIpc) is 2.95. The van der Waals surface area contributed by atoms with Crippen LogP contribution >= 0.6 is 0 Å². The summed E-state index contributed by atoms with van der Waals surface area (Å²) in [6, 6.07) is 17.7. The van der Waals surface area contributed by atoms with E-state index in [0.717, 1.165) is 35.0 Å². The molecular formula is C21H24N2O2. The largest absolute Gasteiger partial charge is 0.358 e. The third kappa shape index (κ3) is 3.58. The maximum atomic E-state index is 11.7. The van der Waals surface area contributed by atoms with Crippen molar-refractivity contribution in [1.82, 2.24) is 4.98 Å². The van der Waals surface area contributed by atoms with Gasteiger partial charge in [0.15, 0.2) is 0 Å². The maximum absolute atomic E-state index is 11.7. The molecule has 0 aliphatic rings. The number of rotatable bonds is 7. The molecular weight excluding hydrogens is 312 g/mol. The first-order valence-electron chi connectivity index (χ1n) is 8.86.